The number of benzene rings is 10. The molecule has 11 aromatic rings. The predicted octanol–water partition coefficient (Wildman–Crippen LogP) is 27.4. The molecule has 0 bridgehead atoms. The van der Waals surface area contributed by atoms with E-state index in [-0.39, 0.29) is 56.6 Å². The summed E-state index contributed by atoms with van der Waals surface area (Å²) in [5.41, 5.74) is 11.9. The van der Waals surface area contributed by atoms with Gasteiger partial charge in [0.15, 0.2) is 0 Å². The molecule has 14 heteroatoms. The molecule has 2 unspecified atom stereocenters. The minimum Gasteiger partial charge on any atom is -0.429 e. The van der Waals surface area contributed by atoms with Crippen molar-refractivity contribution in [2.45, 2.75) is 233 Å². The monoisotopic (exact) mass is 1770 g/mol. The summed E-state index contributed by atoms with van der Waals surface area (Å²) in [5.74, 6) is 2.24. The molecule has 4 atom stereocenters. The van der Waals surface area contributed by atoms with Gasteiger partial charge in [-0.05, 0) is 158 Å². The van der Waals surface area contributed by atoms with Gasteiger partial charge in [-0.15, -0.1) is 13.2 Å². The first-order valence-electron chi connectivity index (χ1n) is 45.1. The molecule has 13 rings (SSSR count). The molecule has 686 valence electrons. The summed E-state index contributed by atoms with van der Waals surface area (Å²) < 4.78 is 36.7. The Morgan fingerprint density at radius 2 is 0.733 bits per heavy atom. The molecule has 2 aliphatic rings. The molecule has 0 saturated carbocycles. The van der Waals surface area contributed by atoms with Crippen molar-refractivity contribution in [3.05, 3.63) is 400 Å². The van der Waals surface area contributed by atoms with Gasteiger partial charge in [0.25, 0.3) is 0 Å². The molecule has 1 aromatic heterocycles. The predicted molar refractivity (Wildman–Crippen MR) is 560 cm³/mol. The maximum absolute atomic E-state index is 11.5. The van der Waals surface area contributed by atoms with E-state index < -0.39 is 43.9 Å². The van der Waals surface area contributed by atoms with Crippen molar-refractivity contribution in [2.24, 2.45) is 11.8 Å². The summed E-state index contributed by atoms with van der Waals surface area (Å²) in [4.78, 5) is 23.0. The molecule has 131 heavy (non-hydrogen) atoms. The molecule has 10 aromatic carbocycles. The quantitative estimate of drug-likeness (QED) is 0.0434. The van der Waals surface area contributed by atoms with Gasteiger partial charge in [-0.1, -0.05) is 358 Å². The van der Waals surface area contributed by atoms with E-state index in [2.05, 4.69) is 327 Å². The molecule has 1 N–H and O–H groups in total. The molecular formula is C117H153Li3N2O8P+. The molecule has 1 aliphatic heterocycles. The number of allylic oxidation sites excluding steroid dienone is 9. The third kappa shape index (κ3) is 46.9. The van der Waals surface area contributed by atoms with Gasteiger partial charge in [-0.25, -0.2) is 14.3 Å². The van der Waals surface area contributed by atoms with Gasteiger partial charge in [0.1, 0.15) is 34.6 Å². The molecule has 10 nitrogen and oxygen atoms in total. The number of para-hydroxylation sites is 2. The van der Waals surface area contributed by atoms with E-state index in [1.54, 1.807) is 53.7 Å². The van der Waals surface area contributed by atoms with Crippen molar-refractivity contribution < 1.29 is 93.5 Å². The Morgan fingerprint density at radius 1 is 0.427 bits per heavy atom. The van der Waals surface area contributed by atoms with Crippen LogP contribution in [0.4, 0.5) is 21.0 Å². The van der Waals surface area contributed by atoms with E-state index in [0.717, 1.165) is 66.3 Å². The molecule has 0 saturated heterocycles. The van der Waals surface area contributed by atoms with Gasteiger partial charge in [0.2, 0.25) is 0 Å². The minimum absolute atomic E-state index is 0. The topological polar surface area (TPSA) is 113 Å². The third-order valence-corrected chi connectivity index (χ3v) is 19.2. The number of hydrogen-bond acceptors (Lipinski definition) is 10. The first-order chi connectivity index (χ1) is 61.2. The van der Waals surface area contributed by atoms with Crippen molar-refractivity contribution in [3.63, 3.8) is 0 Å². The summed E-state index contributed by atoms with van der Waals surface area (Å²) in [5, 5.41) is 10.1. The van der Waals surface area contributed by atoms with E-state index >= 15 is 0 Å². The van der Waals surface area contributed by atoms with E-state index in [4.69, 9.17) is 27.3 Å². The second-order valence-electron chi connectivity index (χ2n) is 33.5. The summed E-state index contributed by atoms with van der Waals surface area (Å²) in [6.45, 7) is 69.5. The first kappa shape index (κ1) is 123. The van der Waals surface area contributed by atoms with Crippen molar-refractivity contribution in [1.82, 2.24) is 5.32 Å². The maximum Gasteiger partial charge on any atom is 1.00 e. The van der Waals surface area contributed by atoms with Crippen LogP contribution in [0.1, 0.15) is 243 Å². The van der Waals surface area contributed by atoms with Crippen LogP contribution in [-0.2, 0) is 18.9 Å². The van der Waals surface area contributed by atoms with Crippen LogP contribution in [0.3, 0.4) is 0 Å². The fraction of sp³-hybridized carbons (Fsp3) is 0.316. The fourth-order valence-corrected chi connectivity index (χ4v) is 14.1. The molecule has 0 spiro atoms. The zero-order valence-corrected chi connectivity index (χ0v) is 85.9. The molecular weight excluding hydrogens is 1610 g/mol. The fourth-order valence-electron chi connectivity index (χ4n) is 12.5. The number of nitrogens with zero attached hydrogens (tertiary/aromatic N) is 1. The number of anilines is 2. The second kappa shape index (κ2) is 70.0. The Labute approximate surface area is 830 Å². The first-order valence-corrected chi connectivity index (χ1v) is 46.2. The van der Waals surface area contributed by atoms with Crippen molar-refractivity contribution in [2.75, 3.05) is 4.67 Å². The average molecular weight is 1770 g/mol. The number of nitrogens with one attached hydrogen (secondary N) is 1. The van der Waals surface area contributed by atoms with Crippen molar-refractivity contribution in [1.29, 1.82) is 0 Å². The SMILES string of the molecule is C1=Cc2ccccc2N(p2oc3ccc4ccccc4c3c3c(ccc4ccccc43)o2)c2ccccc21.C=CC(C)=C1C=CC=C[CH+]1.C=CC(OC(=O)OC(C)(C)C)c1ccccc1.C=CC(OC(=O)OC(C)(C)C)c1ccccc1.C=C[C@H](c1ccccc1)C(C)C.C=C[C@H](c1ccccc1)C(C)C.CC(C)NC(C)C.CCC.CCC.C[CH-]C.C[CH-]C.C[CH-]C.[Li+].[Li+].[Li+]. The van der Waals surface area contributed by atoms with E-state index in [0.29, 0.717) is 35.8 Å². The normalized spacial score (nSPS) is 12.1. The van der Waals surface area contributed by atoms with Crippen LogP contribution in [0.5, 0.6) is 0 Å². The number of carbonyl (C=O) groups excluding carboxylic acids is 2. The summed E-state index contributed by atoms with van der Waals surface area (Å²) in [6.07, 6.45) is 29.8. The van der Waals surface area contributed by atoms with Gasteiger partial charge in [-0.3, -0.25) is 0 Å². The Morgan fingerprint density at radius 3 is 1.01 bits per heavy atom. The maximum atomic E-state index is 11.5. The number of carbonyl (C=O) groups is 2. The van der Waals surface area contributed by atoms with Crippen LogP contribution in [0, 0.1) is 37.5 Å². The van der Waals surface area contributed by atoms with Gasteiger partial charge < -0.3 is 51.9 Å². The van der Waals surface area contributed by atoms with Gasteiger partial charge in [-0.2, -0.15) is 41.5 Å². The minimum atomic E-state index is -1.60. The largest absolute Gasteiger partial charge is 1.00 e. The van der Waals surface area contributed by atoms with Gasteiger partial charge >= 0.3 is 77.1 Å². The number of fused-ring (bicyclic) bond motifs is 9. The Balaban J connectivity index is 0. The van der Waals surface area contributed by atoms with Crippen LogP contribution >= 0.6 is 8.16 Å². The number of ether oxygens (including phenoxy) is 4. The Bertz CT molecular complexity index is 4860. The van der Waals surface area contributed by atoms with Gasteiger partial charge in [0.05, 0.1) is 16.9 Å². The van der Waals surface area contributed by atoms with E-state index in [9.17, 15) is 9.59 Å². The second-order valence-corrected chi connectivity index (χ2v) is 34.8. The smallest absolute Gasteiger partial charge is 0.429 e. The van der Waals surface area contributed by atoms with E-state index in [1.807, 2.05) is 170 Å². The van der Waals surface area contributed by atoms with Crippen molar-refractivity contribution in [3.8, 4) is 0 Å². The van der Waals surface area contributed by atoms with Gasteiger partial charge in [0, 0.05) is 71.0 Å². The summed E-state index contributed by atoms with van der Waals surface area (Å²) >= 11 is 0. The molecule has 0 radical (unpaired) electrons. The average Bonchev–Trinajstić information content (AvgIpc) is 1.66. The van der Waals surface area contributed by atoms with Crippen LogP contribution in [0.15, 0.2) is 350 Å². The van der Waals surface area contributed by atoms with Crippen LogP contribution in [0.2, 0.25) is 0 Å². The Hall–Kier alpha value is -9.76. The molecule has 0 fully saturated rings. The third-order valence-electron chi connectivity index (χ3n) is 17.7. The Kier molecular flexibility index (Phi) is 65.9. The zero-order chi connectivity index (χ0) is 95.6. The van der Waals surface area contributed by atoms with E-state index in [1.165, 1.54) is 45.9 Å². The molecule has 0 amide bonds. The summed E-state index contributed by atoms with van der Waals surface area (Å²) in [7, 11) is -1.60. The molecule has 2 heterocycles. The molecule has 1 aliphatic carbocycles. The van der Waals surface area contributed by atoms with Crippen LogP contribution < -0.4 is 66.6 Å². The van der Waals surface area contributed by atoms with Crippen LogP contribution in [0.25, 0.3) is 55.6 Å². The van der Waals surface area contributed by atoms with Crippen molar-refractivity contribution >= 4 is 87.5 Å². The number of rotatable bonds is 16. The van der Waals surface area contributed by atoms with Crippen LogP contribution in [-0.4, -0.2) is 35.6 Å². The standard InChI is InChI=1S/C34H22NO2P.2C14H18O3.2C12H16.C10H11.C6H15N.2C3H8.3C3H7.3Li/c1-5-13-27-23(9-1)19-21-31-33(27)34-28-14-6-2-10-24(28)20-22-32(34)37-38(36-31)35-29-15-7-3-11-25(29)17-18-26-12-4-8-16-30(26)35;2*1-5-12(11-9-7-6-8-10-11)16-13(15)17-14(2,3)4;2*1-4-12(10(2)3)11-8-6-5-7-9-11;1-3-9(2)10-7-5-4-6-8-10;1-5(2)7-6(3)4;5*1-3-2;;;/h1-22H;2*5-10,12H,1H2,2-4H3;2*4-10,12H,1H2,2-3H3;3-8H,1H2,2H3;5-7H,1-4H3;2*3H2,1-2H3;3*3H,1-2H3;;;/q;;;;;+1;;;;3*-1;3*+1/t;;;2*12-;;;;;;;;;;/m...00........../s1. The number of hydrogen-bond donors (Lipinski definition) is 1. The summed E-state index contributed by atoms with van der Waals surface area (Å²) in [6, 6.07) is 83.4. The zero-order valence-electron chi connectivity index (χ0n) is 85.0.